The molecule has 1 unspecified atom stereocenters. The van der Waals surface area contributed by atoms with Gasteiger partial charge in [-0.1, -0.05) is 0 Å². The Hall–Kier alpha value is -1.47. The molecule has 7 heteroatoms. The Balaban J connectivity index is 1.98. The van der Waals surface area contributed by atoms with Gasteiger partial charge in [-0.3, -0.25) is 14.9 Å². The highest BCUT2D eigenvalue weighted by Crippen LogP contribution is 2.18. The number of aromatic nitrogens is 1. The van der Waals surface area contributed by atoms with Crippen molar-refractivity contribution in [2.75, 3.05) is 18.4 Å². The van der Waals surface area contributed by atoms with Gasteiger partial charge in [-0.2, -0.15) is 0 Å². The Kier molecular flexibility index (Phi) is 3.70. The molecule has 6 nitrogen and oxygen atoms in total. The molecule has 0 radical (unpaired) electrons. The van der Waals surface area contributed by atoms with E-state index < -0.39 is 6.04 Å². The molecule has 1 fully saturated rings. The van der Waals surface area contributed by atoms with E-state index >= 15 is 0 Å². The van der Waals surface area contributed by atoms with E-state index in [1.165, 1.54) is 0 Å². The van der Waals surface area contributed by atoms with E-state index in [4.69, 9.17) is 0 Å². The summed E-state index contributed by atoms with van der Waals surface area (Å²) in [7, 11) is 0. The molecule has 1 saturated heterocycles. The van der Waals surface area contributed by atoms with Crippen LogP contribution in [-0.4, -0.2) is 35.9 Å². The highest BCUT2D eigenvalue weighted by Gasteiger charge is 2.24. The van der Waals surface area contributed by atoms with E-state index in [0.29, 0.717) is 10.3 Å². The minimum Gasteiger partial charge on any atom is -0.353 e. The smallest absolute Gasteiger partial charge is 0.244 e. The van der Waals surface area contributed by atoms with Crippen LogP contribution in [0, 0.1) is 0 Å². The third-order valence-corrected chi connectivity index (χ3v) is 2.97. The lowest BCUT2D eigenvalue weighted by Crippen LogP contribution is -2.56. The number of hydrogen-bond donors (Lipinski definition) is 3. The van der Waals surface area contributed by atoms with Crippen LogP contribution in [0.1, 0.15) is 0 Å². The number of anilines is 1. The highest BCUT2D eigenvalue weighted by atomic mass is 79.9. The van der Waals surface area contributed by atoms with Crippen LogP contribution in [0.15, 0.2) is 22.8 Å². The third-order valence-electron chi connectivity index (χ3n) is 2.33. The van der Waals surface area contributed by atoms with Crippen molar-refractivity contribution in [1.29, 1.82) is 0 Å². The zero-order valence-corrected chi connectivity index (χ0v) is 10.5. The lowest BCUT2D eigenvalue weighted by molar-refractivity contribution is -0.124. The van der Waals surface area contributed by atoms with Gasteiger partial charge in [0.05, 0.1) is 11.0 Å². The largest absolute Gasteiger partial charge is 0.353 e. The number of rotatable bonds is 2. The van der Waals surface area contributed by atoms with Crippen molar-refractivity contribution in [3.63, 3.8) is 0 Å². The predicted octanol–water partition coefficient (Wildman–Crippen LogP) is -0.129. The molecule has 0 aliphatic carbocycles. The fourth-order valence-corrected chi connectivity index (χ4v) is 1.79. The van der Waals surface area contributed by atoms with Gasteiger partial charge >= 0.3 is 0 Å². The van der Waals surface area contributed by atoms with Crippen molar-refractivity contribution in [3.8, 4) is 0 Å². The quantitative estimate of drug-likeness (QED) is 0.710. The van der Waals surface area contributed by atoms with Crippen molar-refractivity contribution in [3.05, 3.63) is 22.8 Å². The van der Waals surface area contributed by atoms with Crippen molar-refractivity contribution >= 4 is 33.6 Å². The van der Waals surface area contributed by atoms with Crippen molar-refractivity contribution in [2.24, 2.45) is 0 Å². The summed E-state index contributed by atoms with van der Waals surface area (Å²) in [5.74, 6) is 0.147. The van der Waals surface area contributed by atoms with Gasteiger partial charge in [-0.15, -0.1) is 0 Å². The average Bonchev–Trinajstić information content (AvgIpc) is 2.33. The number of hydrogen-bond acceptors (Lipinski definition) is 4. The highest BCUT2D eigenvalue weighted by molar-refractivity contribution is 9.10. The lowest BCUT2D eigenvalue weighted by atomic mass is 10.2. The van der Waals surface area contributed by atoms with Crippen LogP contribution in [0.3, 0.4) is 0 Å². The first kappa shape index (κ1) is 12.0. The number of pyridine rings is 1. The van der Waals surface area contributed by atoms with Gasteiger partial charge in [0.25, 0.3) is 0 Å². The summed E-state index contributed by atoms with van der Waals surface area (Å²) in [5, 5.41) is 8.14. The summed E-state index contributed by atoms with van der Waals surface area (Å²) in [4.78, 5) is 26.8. The second-order valence-corrected chi connectivity index (χ2v) is 4.41. The molecule has 1 aliphatic heterocycles. The molecular formula is C10H11BrN4O2. The third kappa shape index (κ3) is 3.01. The Bertz CT molecular complexity index is 442. The predicted molar refractivity (Wildman–Crippen MR) is 65.4 cm³/mol. The molecule has 2 amide bonds. The van der Waals surface area contributed by atoms with Crippen LogP contribution in [-0.2, 0) is 9.59 Å². The van der Waals surface area contributed by atoms with Gasteiger partial charge in [-0.25, -0.2) is 4.98 Å². The van der Waals surface area contributed by atoms with E-state index in [0.717, 1.165) is 0 Å². The zero-order chi connectivity index (χ0) is 12.3. The van der Waals surface area contributed by atoms with E-state index in [1.807, 2.05) is 0 Å². The van der Waals surface area contributed by atoms with E-state index in [9.17, 15) is 9.59 Å². The second kappa shape index (κ2) is 5.24. The molecule has 0 bridgehead atoms. The number of carbonyl (C=O) groups excluding carboxylic acids is 2. The number of nitrogens with zero attached hydrogens (tertiary/aromatic N) is 1. The maximum Gasteiger partial charge on any atom is 0.244 e. The standard InChI is InChI=1S/C10H11BrN4O2/c11-6-2-1-3-12-9(6)15-10(17)7-4-14-8(16)5-13-7/h1-3,7,13H,4-5H2,(H,14,16)(H,12,15,17). The van der Waals surface area contributed by atoms with Gasteiger partial charge in [-0.05, 0) is 28.1 Å². The minimum atomic E-state index is -0.429. The fourth-order valence-electron chi connectivity index (χ4n) is 1.43. The van der Waals surface area contributed by atoms with Crippen LogP contribution in [0.5, 0.6) is 0 Å². The average molecular weight is 299 g/mol. The van der Waals surface area contributed by atoms with Crippen molar-refractivity contribution in [1.82, 2.24) is 15.6 Å². The van der Waals surface area contributed by atoms with E-state index in [-0.39, 0.29) is 24.9 Å². The van der Waals surface area contributed by atoms with E-state index in [1.54, 1.807) is 18.3 Å². The van der Waals surface area contributed by atoms with Gasteiger partial charge in [0, 0.05) is 12.7 Å². The van der Waals surface area contributed by atoms with Crippen LogP contribution in [0.25, 0.3) is 0 Å². The SMILES string of the molecule is O=C1CNC(C(=O)Nc2ncccc2Br)CN1. The minimum absolute atomic E-state index is 0.104. The summed E-state index contributed by atoms with van der Waals surface area (Å²) in [5.41, 5.74) is 0. The maximum absolute atomic E-state index is 11.8. The molecule has 3 N–H and O–H groups in total. The summed E-state index contributed by atoms with van der Waals surface area (Å²) in [6, 6.07) is 3.12. The normalized spacial score (nSPS) is 19.6. The van der Waals surface area contributed by atoms with Gasteiger partial charge in [0.15, 0.2) is 0 Å². The molecule has 1 atom stereocenters. The zero-order valence-electron chi connectivity index (χ0n) is 8.87. The Morgan fingerprint density at radius 1 is 1.59 bits per heavy atom. The number of carbonyl (C=O) groups is 2. The van der Waals surface area contributed by atoms with Gasteiger partial charge in [0.1, 0.15) is 11.9 Å². The summed E-state index contributed by atoms with van der Waals surface area (Å²) in [6.45, 7) is 0.441. The number of halogens is 1. The molecule has 0 aromatic carbocycles. The number of piperazine rings is 1. The molecule has 2 rings (SSSR count). The van der Waals surface area contributed by atoms with E-state index in [2.05, 4.69) is 36.9 Å². The van der Waals surface area contributed by atoms with Crippen LogP contribution < -0.4 is 16.0 Å². The van der Waals surface area contributed by atoms with Gasteiger partial charge < -0.3 is 10.6 Å². The first-order valence-electron chi connectivity index (χ1n) is 5.08. The molecule has 1 aromatic rings. The van der Waals surface area contributed by atoms with Crippen LogP contribution in [0.2, 0.25) is 0 Å². The summed E-state index contributed by atoms with van der Waals surface area (Å²) >= 11 is 3.29. The molecule has 90 valence electrons. The summed E-state index contributed by atoms with van der Waals surface area (Å²) in [6.07, 6.45) is 1.59. The molecule has 0 saturated carbocycles. The van der Waals surface area contributed by atoms with Crippen LogP contribution >= 0.6 is 15.9 Å². The Labute approximate surface area is 106 Å². The molecule has 17 heavy (non-hydrogen) atoms. The fraction of sp³-hybridized carbons (Fsp3) is 0.300. The first-order chi connectivity index (χ1) is 8.16. The van der Waals surface area contributed by atoms with Gasteiger partial charge in [0.2, 0.25) is 11.8 Å². The first-order valence-corrected chi connectivity index (χ1v) is 5.87. The lowest BCUT2D eigenvalue weighted by Gasteiger charge is -2.23. The Morgan fingerprint density at radius 2 is 2.41 bits per heavy atom. The molecule has 1 aromatic heterocycles. The molecule has 2 heterocycles. The summed E-state index contributed by atoms with van der Waals surface area (Å²) < 4.78 is 0.716. The van der Waals surface area contributed by atoms with Crippen molar-refractivity contribution in [2.45, 2.75) is 6.04 Å². The molecule has 0 spiro atoms. The number of nitrogens with one attached hydrogen (secondary N) is 3. The maximum atomic E-state index is 11.8. The Morgan fingerprint density at radius 3 is 3.06 bits per heavy atom. The molecular weight excluding hydrogens is 288 g/mol. The monoisotopic (exact) mass is 298 g/mol. The molecule has 1 aliphatic rings. The van der Waals surface area contributed by atoms with Crippen LogP contribution in [0.4, 0.5) is 5.82 Å². The van der Waals surface area contributed by atoms with Crippen molar-refractivity contribution < 1.29 is 9.59 Å². The topological polar surface area (TPSA) is 83.1 Å². The number of amides is 2. The second-order valence-electron chi connectivity index (χ2n) is 3.56.